The number of ether oxygens (including phenoxy) is 1. The van der Waals surface area contributed by atoms with E-state index in [-0.39, 0.29) is 30.3 Å². The lowest BCUT2D eigenvalue weighted by atomic mass is 9.73. The normalized spacial score (nSPS) is 31.6. The fourth-order valence-electron chi connectivity index (χ4n) is 4.24. The van der Waals surface area contributed by atoms with Crippen molar-refractivity contribution in [3.05, 3.63) is 33.3 Å². The van der Waals surface area contributed by atoms with Crippen molar-refractivity contribution in [2.24, 2.45) is 17.3 Å². The van der Waals surface area contributed by atoms with Crippen LogP contribution in [0.1, 0.15) is 77.9 Å². The molecule has 0 saturated carbocycles. The first-order valence-corrected chi connectivity index (χ1v) is 13.0. The van der Waals surface area contributed by atoms with Gasteiger partial charge in [0.25, 0.3) is 0 Å². The SMILES string of the molecule is C/C1=C/C[C@@H](/C(C)=C/c2csc(C)n2)OC(=O)C[C@H](O)C(C)(C)C(=O)[C@H](C)[C@@H](O)[C@@H](C)CCC1=O. The topological polar surface area (TPSA) is 114 Å². The maximum absolute atomic E-state index is 13.2. The standard InChI is InChI=1S/C27H39NO6S/c1-15-9-11-22(17(3)12-20-14-35-19(5)28-20)34-24(31)13-23(30)27(6,7)26(33)18(4)25(32)16(2)8-10-21(15)29/h9,12,14,16,18,22-23,25,30,32H,8,10-11,13H2,1-7H3/b15-9-,17-12+/t16-,18+,22-,23-,25-/m0/s1. The highest BCUT2D eigenvalue weighted by Gasteiger charge is 2.42. The summed E-state index contributed by atoms with van der Waals surface area (Å²) in [6.45, 7) is 12.1. The third-order valence-electron chi connectivity index (χ3n) is 7.04. The van der Waals surface area contributed by atoms with Crippen LogP contribution in [0.2, 0.25) is 0 Å². The van der Waals surface area contributed by atoms with E-state index >= 15 is 0 Å². The monoisotopic (exact) mass is 505 g/mol. The van der Waals surface area contributed by atoms with Crippen LogP contribution < -0.4 is 0 Å². The van der Waals surface area contributed by atoms with Crippen LogP contribution in [0, 0.1) is 24.2 Å². The molecule has 1 aliphatic heterocycles. The van der Waals surface area contributed by atoms with Crippen molar-refractivity contribution in [3.63, 3.8) is 0 Å². The molecule has 1 aromatic rings. The molecule has 7 nitrogen and oxygen atoms in total. The number of cyclic esters (lactones) is 1. The zero-order valence-electron chi connectivity index (χ0n) is 21.8. The number of nitrogens with zero attached hydrogens (tertiary/aromatic N) is 1. The lowest BCUT2D eigenvalue weighted by molar-refractivity contribution is -0.154. The van der Waals surface area contributed by atoms with Crippen LogP contribution in [0.3, 0.4) is 0 Å². The number of ketones is 2. The Kier molecular flexibility index (Phi) is 10.1. The number of aliphatic hydroxyl groups is 2. The van der Waals surface area contributed by atoms with Gasteiger partial charge in [0, 0.05) is 24.1 Å². The Morgan fingerprint density at radius 1 is 1.20 bits per heavy atom. The molecule has 1 aromatic heterocycles. The Morgan fingerprint density at radius 2 is 1.86 bits per heavy atom. The van der Waals surface area contributed by atoms with Gasteiger partial charge in [-0.15, -0.1) is 11.3 Å². The van der Waals surface area contributed by atoms with Gasteiger partial charge in [-0.3, -0.25) is 14.4 Å². The molecule has 0 amide bonds. The van der Waals surface area contributed by atoms with E-state index in [1.54, 1.807) is 33.8 Å². The van der Waals surface area contributed by atoms with E-state index in [9.17, 15) is 24.6 Å². The van der Waals surface area contributed by atoms with Crippen LogP contribution in [-0.2, 0) is 19.1 Å². The van der Waals surface area contributed by atoms with Crippen LogP contribution >= 0.6 is 11.3 Å². The Bertz CT molecular complexity index is 992. The summed E-state index contributed by atoms with van der Waals surface area (Å²) in [5.74, 6) is -2.07. The van der Waals surface area contributed by atoms with Crippen LogP contribution in [0.4, 0.5) is 0 Å². The van der Waals surface area contributed by atoms with Gasteiger partial charge in [-0.05, 0) is 50.3 Å². The lowest BCUT2D eigenvalue weighted by Gasteiger charge is -2.34. The fraction of sp³-hybridized carbons (Fsp3) is 0.630. The molecule has 5 atom stereocenters. The molecule has 0 saturated heterocycles. The Labute approximate surface area is 212 Å². The number of Topliss-reactive ketones (excluding diaryl/α,β-unsaturated/α-hetero) is 2. The fourth-order valence-corrected chi connectivity index (χ4v) is 4.81. The van der Waals surface area contributed by atoms with Gasteiger partial charge in [0.2, 0.25) is 0 Å². The summed E-state index contributed by atoms with van der Waals surface area (Å²) in [5, 5.41) is 24.4. The molecule has 0 unspecified atom stereocenters. The Morgan fingerprint density at radius 3 is 2.46 bits per heavy atom. The molecule has 0 spiro atoms. The van der Waals surface area contributed by atoms with E-state index in [1.165, 1.54) is 11.3 Å². The molecular weight excluding hydrogens is 466 g/mol. The van der Waals surface area contributed by atoms with E-state index in [1.807, 2.05) is 32.2 Å². The second kappa shape index (κ2) is 12.2. The zero-order chi connectivity index (χ0) is 26.5. The molecule has 2 rings (SSSR count). The minimum Gasteiger partial charge on any atom is -0.457 e. The highest BCUT2D eigenvalue weighted by molar-refractivity contribution is 7.09. The minimum atomic E-state index is -1.27. The van der Waals surface area contributed by atoms with E-state index in [2.05, 4.69) is 4.98 Å². The maximum Gasteiger partial charge on any atom is 0.309 e. The third-order valence-corrected chi connectivity index (χ3v) is 7.83. The first-order chi connectivity index (χ1) is 16.2. The van der Waals surface area contributed by atoms with Gasteiger partial charge in [0.1, 0.15) is 11.9 Å². The zero-order valence-corrected chi connectivity index (χ0v) is 22.6. The van der Waals surface area contributed by atoms with Gasteiger partial charge in [-0.2, -0.15) is 0 Å². The summed E-state index contributed by atoms with van der Waals surface area (Å²) < 4.78 is 5.73. The Hall–Kier alpha value is -2.16. The predicted octanol–water partition coefficient (Wildman–Crippen LogP) is 4.45. The first kappa shape index (κ1) is 29.1. The highest BCUT2D eigenvalue weighted by atomic mass is 32.1. The van der Waals surface area contributed by atoms with E-state index in [0.29, 0.717) is 18.4 Å². The average Bonchev–Trinajstić information content (AvgIpc) is 3.21. The van der Waals surface area contributed by atoms with Crippen LogP contribution in [0.25, 0.3) is 6.08 Å². The van der Waals surface area contributed by atoms with Gasteiger partial charge in [0.15, 0.2) is 5.78 Å². The number of carbonyl (C=O) groups excluding carboxylic acids is 3. The van der Waals surface area contributed by atoms with E-state index in [4.69, 9.17) is 4.74 Å². The molecule has 194 valence electrons. The molecular formula is C27H39NO6S. The summed E-state index contributed by atoms with van der Waals surface area (Å²) in [7, 11) is 0. The van der Waals surface area contributed by atoms with Crippen molar-refractivity contribution in [1.82, 2.24) is 4.98 Å². The number of aliphatic hydroxyl groups excluding tert-OH is 2. The van der Waals surface area contributed by atoms with Crippen molar-refractivity contribution in [1.29, 1.82) is 0 Å². The number of thiazole rings is 1. The van der Waals surface area contributed by atoms with Crippen LogP contribution in [0.15, 0.2) is 22.6 Å². The first-order valence-electron chi connectivity index (χ1n) is 12.1. The smallest absolute Gasteiger partial charge is 0.309 e. The molecule has 8 heteroatoms. The summed E-state index contributed by atoms with van der Waals surface area (Å²) >= 11 is 1.52. The Balaban J connectivity index is 2.39. The second-order valence-electron chi connectivity index (χ2n) is 10.3. The summed E-state index contributed by atoms with van der Waals surface area (Å²) in [5.41, 5.74) is 0.818. The maximum atomic E-state index is 13.2. The van der Waals surface area contributed by atoms with E-state index < -0.39 is 35.6 Å². The number of hydrogen-bond donors (Lipinski definition) is 2. The van der Waals surface area contributed by atoms with Crippen molar-refractivity contribution in [2.45, 2.75) is 92.5 Å². The third kappa shape index (κ3) is 7.66. The molecule has 0 aliphatic carbocycles. The summed E-state index contributed by atoms with van der Waals surface area (Å²) in [6.07, 6.45) is 1.34. The molecule has 0 radical (unpaired) electrons. The summed E-state index contributed by atoms with van der Waals surface area (Å²) in [6, 6.07) is 0. The van der Waals surface area contributed by atoms with Gasteiger partial charge >= 0.3 is 5.97 Å². The van der Waals surface area contributed by atoms with Crippen LogP contribution in [0.5, 0.6) is 0 Å². The van der Waals surface area contributed by atoms with Crippen molar-refractivity contribution < 1.29 is 29.3 Å². The number of aryl methyl sites for hydroxylation is 1. The van der Waals surface area contributed by atoms with Gasteiger partial charge in [-0.1, -0.05) is 33.8 Å². The van der Waals surface area contributed by atoms with Gasteiger partial charge in [0.05, 0.1) is 34.7 Å². The van der Waals surface area contributed by atoms with Crippen molar-refractivity contribution in [3.8, 4) is 0 Å². The lowest BCUT2D eigenvalue weighted by Crippen LogP contribution is -2.45. The minimum absolute atomic E-state index is 0.0484. The number of aromatic nitrogens is 1. The molecule has 2 N–H and O–H groups in total. The molecule has 0 bridgehead atoms. The molecule has 2 heterocycles. The van der Waals surface area contributed by atoms with Gasteiger partial charge < -0.3 is 14.9 Å². The highest BCUT2D eigenvalue weighted by Crippen LogP contribution is 2.32. The molecule has 35 heavy (non-hydrogen) atoms. The van der Waals surface area contributed by atoms with E-state index in [0.717, 1.165) is 16.3 Å². The average molecular weight is 506 g/mol. The molecule has 0 aromatic carbocycles. The predicted molar refractivity (Wildman–Crippen MR) is 137 cm³/mol. The van der Waals surface area contributed by atoms with Crippen molar-refractivity contribution in [2.75, 3.05) is 0 Å². The van der Waals surface area contributed by atoms with Crippen molar-refractivity contribution >= 4 is 34.9 Å². The number of hydrogen-bond acceptors (Lipinski definition) is 8. The number of rotatable bonds is 2. The molecule has 0 fully saturated rings. The molecule has 1 aliphatic rings. The number of allylic oxidation sites excluding steroid dienone is 1. The van der Waals surface area contributed by atoms with Gasteiger partial charge in [-0.25, -0.2) is 4.98 Å². The van der Waals surface area contributed by atoms with Crippen LogP contribution in [-0.4, -0.2) is 51.0 Å². The second-order valence-corrected chi connectivity index (χ2v) is 11.4. The number of carbonyl (C=O) groups is 3. The number of esters is 1. The largest absolute Gasteiger partial charge is 0.457 e. The summed E-state index contributed by atoms with van der Waals surface area (Å²) in [4.78, 5) is 43.1. The quantitative estimate of drug-likeness (QED) is 0.571.